The molecule has 0 unspecified atom stereocenters. The lowest BCUT2D eigenvalue weighted by Crippen LogP contribution is -2.76. The van der Waals surface area contributed by atoms with Gasteiger partial charge in [-0.15, -0.1) is 0 Å². The van der Waals surface area contributed by atoms with Crippen LogP contribution >= 0.6 is 0 Å². The van der Waals surface area contributed by atoms with Gasteiger partial charge in [-0.25, -0.2) is 9.79 Å². The van der Waals surface area contributed by atoms with Crippen molar-refractivity contribution in [2.45, 2.75) is 40.5 Å². The second kappa shape index (κ2) is 11.4. The molecule has 1 aliphatic carbocycles. The van der Waals surface area contributed by atoms with Gasteiger partial charge in [0.05, 0.1) is 18.2 Å². The number of hydrogen-bond donors (Lipinski definition) is 4. The smallest absolute Gasteiger partial charge is 0.336 e. The zero-order valence-electron chi connectivity index (χ0n) is 22.1. The van der Waals surface area contributed by atoms with Crippen molar-refractivity contribution in [1.82, 2.24) is 0 Å². The summed E-state index contributed by atoms with van der Waals surface area (Å²) in [5.41, 5.74) is 5.86. The lowest BCUT2D eigenvalue weighted by Gasteiger charge is -2.19. The van der Waals surface area contributed by atoms with Crippen LogP contribution in [0.4, 0.5) is 5.69 Å². The molecular weight excluding hydrogens is 484 g/mol. The number of anilines is 1. The Kier molecular flexibility index (Phi) is 8.00. The number of aromatic carboxylic acids is 1. The van der Waals surface area contributed by atoms with E-state index in [0.717, 1.165) is 51.8 Å². The molecule has 8 nitrogen and oxygen atoms in total. The number of carbonyl (C=O) groups is 2. The first-order chi connectivity index (χ1) is 18.2. The van der Waals surface area contributed by atoms with E-state index in [1.165, 1.54) is 6.07 Å². The molecule has 0 amide bonds. The fourth-order valence-electron chi connectivity index (χ4n) is 4.67. The molecule has 8 heteroatoms. The zero-order valence-corrected chi connectivity index (χ0v) is 22.1. The molecule has 2 aromatic carbocycles. The van der Waals surface area contributed by atoms with Crippen molar-refractivity contribution in [3.63, 3.8) is 0 Å². The number of ether oxygens (including phenoxy) is 1. The summed E-state index contributed by atoms with van der Waals surface area (Å²) < 4.78 is 12.1. The third kappa shape index (κ3) is 5.49. The molecule has 0 spiro atoms. The van der Waals surface area contributed by atoms with Crippen molar-refractivity contribution in [3.05, 3.63) is 64.5 Å². The van der Waals surface area contributed by atoms with Crippen LogP contribution in [0.5, 0.6) is 5.75 Å². The van der Waals surface area contributed by atoms with E-state index in [0.29, 0.717) is 29.1 Å². The van der Waals surface area contributed by atoms with E-state index in [1.807, 2.05) is 52.0 Å². The molecule has 0 saturated carbocycles. The van der Waals surface area contributed by atoms with E-state index in [4.69, 9.17) is 14.3 Å². The number of hydrogen-bond acceptors (Lipinski definition) is 5. The van der Waals surface area contributed by atoms with E-state index in [2.05, 4.69) is 10.3 Å². The topological polar surface area (TPSA) is 123 Å². The van der Waals surface area contributed by atoms with Crippen LogP contribution < -0.4 is 20.4 Å². The van der Waals surface area contributed by atoms with Gasteiger partial charge in [0.2, 0.25) is 5.36 Å². The summed E-state index contributed by atoms with van der Waals surface area (Å²) in [6.07, 6.45) is 0.313. The molecule has 0 atom stereocenters. The average Bonchev–Trinajstić information content (AvgIpc) is 2.87. The lowest BCUT2D eigenvalue weighted by atomic mass is 9.89. The first-order valence-corrected chi connectivity index (χ1v) is 12.8. The molecule has 0 radical (unpaired) electrons. The maximum atomic E-state index is 12.5. The predicted octanol–water partition coefficient (Wildman–Crippen LogP) is 4.20. The predicted molar refractivity (Wildman–Crippen MR) is 146 cm³/mol. The minimum Gasteiger partial charge on any atom is -0.494 e. The van der Waals surface area contributed by atoms with Crippen LogP contribution in [-0.4, -0.2) is 41.8 Å². The first kappa shape index (κ1) is 26.7. The highest BCUT2D eigenvalue weighted by atomic mass is 16.5. The van der Waals surface area contributed by atoms with Gasteiger partial charge in [0.25, 0.3) is 0 Å². The standard InChI is InChI=1S/C30H32N2O6/c1-5-31-24-15-26-22(12-17(24)3)29(23-13-18(4)25(32-6-2)16-27(23)38-26)20-10-9-19(14-21(20)30(35)36)37-11-7-8-28(33)34/h9-10,12-16,31H,5-8,11H2,1-4H3,(H,33,34)(H,35,36)/p+1. The molecule has 0 bridgehead atoms. The largest absolute Gasteiger partial charge is 0.494 e. The molecule has 4 N–H and O–H groups in total. The number of fused-ring (bicyclic) bond motifs is 2. The van der Waals surface area contributed by atoms with Crippen molar-refractivity contribution in [3.8, 4) is 28.2 Å². The second-order valence-electron chi connectivity index (χ2n) is 9.22. The van der Waals surface area contributed by atoms with Crippen molar-refractivity contribution in [2.75, 3.05) is 25.0 Å². The molecule has 2 aromatic rings. The highest BCUT2D eigenvalue weighted by Gasteiger charge is 2.24. The van der Waals surface area contributed by atoms with Crippen LogP contribution in [0.2, 0.25) is 0 Å². The first-order valence-electron chi connectivity index (χ1n) is 12.8. The van der Waals surface area contributed by atoms with Gasteiger partial charge in [-0.1, -0.05) is 0 Å². The summed E-state index contributed by atoms with van der Waals surface area (Å²) in [6, 6.07) is 13.0. The third-order valence-corrected chi connectivity index (χ3v) is 6.44. The van der Waals surface area contributed by atoms with E-state index >= 15 is 0 Å². The van der Waals surface area contributed by atoms with Gasteiger partial charge in [-0.3, -0.25) is 4.79 Å². The van der Waals surface area contributed by atoms with Crippen LogP contribution in [0, 0.1) is 13.8 Å². The van der Waals surface area contributed by atoms with Crippen LogP contribution in [0.25, 0.3) is 33.4 Å². The molecule has 1 heterocycles. The lowest BCUT2D eigenvalue weighted by molar-refractivity contribution is -0.496. The van der Waals surface area contributed by atoms with E-state index in [1.54, 1.807) is 12.1 Å². The average molecular weight is 518 g/mol. The van der Waals surface area contributed by atoms with Crippen molar-refractivity contribution in [2.24, 2.45) is 0 Å². The van der Waals surface area contributed by atoms with E-state index in [-0.39, 0.29) is 18.6 Å². The SMILES string of the molecule is CCNc1cc2oc3cc(=[NH+]CC)c(C)cc-3c(-c3ccc(OCCCC(=O)O)cc3C(=O)O)c2cc1C. The van der Waals surface area contributed by atoms with Crippen LogP contribution in [0.3, 0.4) is 0 Å². The fourth-order valence-corrected chi connectivity index (χ4v) is 4.67. The summed E-state index contributed by atoms with van der Waals surface area (Å²) >= 11 is 0. The Morgan fingerprint density at radius 3 is 2.47 bits per heavy atom. The number of aliphatic carboxylic acids is 1. The van der Waals surface area contributed by atoms with Gasteiger partial charge in [0, 0.05) is 46.8 Å². The summed E-state index contributed by atoms with van der Waals surface area (Å²) in [6.45, 7) is 9.78. The van der Waals surface area contributed by atoms with Gasteiger partial charge in [-0.05, 0) is 75.6 Å². The summed E-state index contributed by atoms with van der Waals surface area (Å²) in [5.74, 6) is -0.962. The van der Waals surface area contributed by atoms with Gasteiger partial charge in [0.15, 0.2) is 0 Å². The van der Waals surface area contributed by atoms with Crippen LogP contribution in [-0.2, 0) is 4.79 Å². The molecule has 0 saturated heterocycles. The molecule has 198 valence electrons. The summed E-state index contributed by atoms with van der Waals surface area (Å²) in [7, 11) is 0. The highest BCUT2D eigenvalue weighted by Crippen LogP contribution is 2.43. The maximum Gasteiger partial charge on any atom is 0.336 e. The minimum atomic E-state index is -1.08. The molecule has 1 aliphatic heterocycles. The maximum absolute atomic E-state index is 12.5. The van der Waals surface area contributed by atoms with Gasteiger partial charge in [-0.2, -0.15) is 0 Å². The Morgan fingerprint density at radius 2 is 1.79 bits per heavy atom. The number of carboxylic acids is 2. The summed E-state index contributed by atoms with van der Waals surface area (Å²) in [5, 5.41) is 24.2. The number of nitrogens with one attached hydrogen (secondary N) is 2. The Morgan fingerprint density at radius 1 is 1.00 bits per heavy atom. The second-order valence-corrected chi connectivity index (χ2v) is 9.22. The van der Waals surface area contributed by atoms with Crippen LogP contribution in [0.15, 0.2) is 46.9 Å². The number of benzene rings is 3. The minimum absolute atomic E-state index is 0.0161. The van der Waals surface area contributed by atoms with Crippen molar-refractivity contribution >= 4 is 28.6 Å². The molecule has 4 rings (SSSR count). The third-order valence-electron chi connectivity index (χ3n) is 6.44. The van der Waals surface area contributed by atoms with Crippen LogP contribution in [0.1, 0.15) is 48.2 Å². The monoisotopic (exact) mass is 517 g/mol. The van der Waals surface area contributed by atoms with Crippen molar-refractivity contribution < 1.29 is 33.9 Å². The van der Waals surface area contributed by atoms with E-state index < -0.39 is 11.9 Å². The van der Waals surface area contributed by atoms with Gasteiger partial charge >= 0.3 is 11.9 Å². The van der Waals surface area contributed by atoms with E-state index in [9.17, 15) is 14.7 Å². The van der Waals surface area contributed by atoms with Crippen molar-refractivity contribution in [1.29, 1.82) is 0 Å². The number of carboxylic acid groups (broad SMARTS) is 2. The Labute approximate surface area is 220 Å². The normalized spacial score (nSPS) is 11.7. The quantitative estimate of drug-likeness (QED) is 0.184. The Balaban J connectivity index is 1.98. The zero-order chi connectivity index (χ0) is 27.4. The molecule has 0 aromatic heterocycles. The van der Waals surface area contributed by atoms with Gasteiger partial charge in [0.1, 0.15) is 23.6 Å². The molecule has 38 heavy (non-hydrogen) atoms. The summed E-state index contributed by atoms with van der Waals surface area (Å²) in [4.78, 5) is 26.6. The number of aryl methyl sites for hydroxylation is 2. The molecular formula is C30H33N2O6+. The van der Waals surface area contributed by atoms with Gasteiger partial charge < -0.3 is 24.7 Å². The Hall–Kier alpha value is -4.33. The molecule has 2 aliphatic rings. The highest BCUT2D eigenvalue weighted by molar-refractivity contribution is 6.08. The Bertz CT molecular complexity index is 1550. The number of rotatable bonds is 10. The fraction of sp³-hybridized carbons (Fsp3) is 0.300. The molecule has 0 fully saturated rings.